The molecule has 2 rings (SSSR count). The first-order valence-electron chi connectivity index (χ1n) is 6.23. The topological polar surface area (TPSA) is 41.3 Å². The van der Waals surface area contributed by atoms with Gasteiger partial charge in [-0.15, -0.1) is 0 Å². The molecule has 1 aromatic heterocycles. The Kier molecular flexibility index (Phi) is 3.83. The van der Waals surface area contributed by atoms with Crippen LogP contribution in [0.2, 0.25) is 0 Å². The standard InChI is InChI=1S/C12H21N3O/c1-3-6-13-8-11-9-16-12(14-11)15-7-4-5-10(15)2/h9-10,13H,3-8H2,1-2H3. The Labute approximate surface area is 97.0 Å². The van der Waals surface area contributed by atoms with E-state index >= 15 is 0 Å². The SMILES string of the molecule is CCCNCc1coc(N2CCCC2C)n1. The minimum Gasteiger partial charge on any atom is -0.432 e. The molecule has 1 fully saturated rings. The van der Waals surface area contributed by atoms with Gasteiger partial charge >= 0.3 is 0 Å². The normalized spacial score (nSPS) is 20.6. The van der Waals surface area contributed by atoms with Crippen LogP contribution in [0.1, 0.15) is 38.8 Å². The van der Waals surface area contributed by atoms with Crippen LogP contribution in [0.5, 0.6) is 0 Å². The third-order valence-corrected chi connectivity index (χ3v) is 3.07. The third kappa shape index (κ3) is 2.55. The molecule has 1 aliphatic rings. The van der Waals surface area contributed by atoms with Crippen LogP contribution >= 0.6 is 0 Å². The number of hydrogen-bond donors (Lipinski definition) is 1. The van der Waals surface area contributed by atoms with Crippen LogP contribution in [0.25, 0.3) is 0 Å². The van der Waals surface area contributed by atoms with Crippen LogP contribution in [0.4, 0.5) is 6.01 Å². The fraction of sp³-hybridized carbons (Fsp3) is 0.750. The van der Waals surface area contributed by atoms with E-state index in [2.05, 4.69) is 29.0 Å². The van der Waals surface area contributed by atoms with Gasteiger partial charge in [-0.05, 0) is 32.7 Å². The summed E-state index contributed by atoms with van der Waals surface area (Å²) in [5, 5.41) is 3.33. The smallest absolute Gasteiger partial charge is 0.297 e. The minimum atomic E-state index is 0.565. The van der Waals surface area contributed by atoms with E-state index in [0.29, 0.717) is 6.04 Å². The molecule has 0 bridgehead atoms. The highest BCUT2D eigenvalue weighted by atomic mass is 16.4. The summed E-state index contributed by atoms with van der Waals surface area (Å²) in [6.07, 6.45) is 5.40. The lowest BCUT2D eigenvalue weighted by Crippen LogP contribution is -2.26. The largest absolute Gasteiger partial charge is 0.432 e. The van der Waals surface area contributed by atoms with Crippen molar-refractivity contribution in [1.29, 1.82) is 0 Å². The van der Waals surface area contributed by atoms with Crippen molar-refractivity contribution in [1.82, 2.24) is 10.3 Å². The Morgan fingerprint density at radius 3 is 3.19 bits per heavy atom. The summed E-state index contributed by atoms with van der Waals surface area (Å²) in [4.78, 5) is 6.76. The molecule has 0 spiro atoms. The van der Waals surface area contributed by atoms with Gasteiger partial charge in [-0.3, -0.25) is 0 Å². The second-order valence-corrected chi connectivity index (χ2v) is 4.48. The summed E-state index contributed by atoms with van der Waals surface area (Å²) in [7, 11) is 0. The molecule has 1 aromatic rings. The average molecular weight is 223 g/mol. The quantitative estimate of drug-likeness (QED) is 0.777. The molecule has 0 aromatic carbocycles. The molecular formula is C12H21N3O. The van der Waals surface area contributed by atoms with E-state index in [1.807, 2.05) is 0 Å². The number of anilines is 1. The molecule has 1 saturated heterocycles. The van der Waals surface area contributed by atoms with Crippen LogP contribution in [-0.4, -0.2) is 24.1 Å². The van der Waals surface area contributed by atoms with Crippen molar-refractivity contribution in [3.63, 3.8) is 0 Å². The summed E-state index contributed by atoms with van der Waals surface area (Å²) < 4.78 is 5.52. The van der Waals surface area contributed by atoms with Crippen LogP contribution < -0.4 is 10.2 Å². The van der Waals surface area contributed by atoms with Crippen molar-refractivity contribution in [2.75, 3.05) is 18.0 Å². The molecule has 4 nitrogen and oxygen atoms in total. The van der Waals surface area contributed by atoms with E-state index < -0.39 is 0 Å². The zero-order valence-electron chi connectivity index (χ0n) is 10.2. The van der Waals surface area contributed by atoms with Crippen molar-refractivity contribution in [3.05, 3.63) is 12.0 Å². The van der Waals surface area contributed by atoms with Gasteiger partial charge in [0.2, 0.25) is 0 Å². The van der Waals surface area contributed by atoms with E-state index in [4.69, 9.17) is 4.42 Å². The van der Waals surface area contributed by atoms with E-state index in [-0.39, 0.29) is 0 Å². The maximum Gasteiger partial charge on any atom is 0.297 e. The van der Waals surface area contributed by atoms with Crippen LogP contribution in [0.3, 0.4) is 0 Å². The lowest BCUT2D eigenvalue weighted by atomic mass is 10.2. The molecule has 0 amide bonds. The molecule has 0 radical (unpaired) electrons. The fourth-order valence-electron chi connectivity index (χ4n) is 2.12. The van der Waals surface area contributed by atoms with Crippen molar-refractivity contribution >= 4 is 6.01 Å². The van der Waals surface area contributed by atoms with Gasteiger partial charge in [0.1, 0.15) is 6.26 Å². The fourth-order valence-corrected chi connectivity index (χ4v) is 2.12. The van der Waals surface area contributed by atoms with E-state index in [9.17, 15) is 0 Å². The summed E-state index contributed by atoms with van der Waals surface area (Å²) >= 11 is 0. The number of aromatic nitrogens is 1. The average Bonchev–Trinajstić information content (AvgIpc) is 2.87. The summed E-state index contributed by atoms with van der Waals surface area (Å²) in [5.74, 6) is 0. The maximum absolute atomic E-state index is 5.52. The van der Waals surface area contributed by atoms with Gasteiger partial charge in [0.25, 0.3) is 6.01 Å². The molecule has 90 valence electrons. The second-order valence-electron chi connectivity index (χ2n) is 4.48. The van der Waals surface area contributed by atoms with Crippen LogP contribution in [-0.2, 0) is 6.54 Å². The zero-order valence-corrected chi connectivity index (χ0v) is 10.2. The summed E-state index contributed by atoms with van der Waals surface area (Å²) in [6, 6.07) is 1.35. The third-order valence-electron chi connectivity index (χ3n) is 3.07. The molecule has 1 unspecified atom stereocenters. The number of nitrogens with one attached hydrogen (secondary N) is 1. The van der Waals surface area contributed by atoms with E-state index in [0.717, 1.165) is 37.8 Å². The Hall–Kier alpha value is -1.03. The highest BCUT2D eigenvalue weighted by Crippen LogP contribution is 2.24. The number of hydrogen-bond acceptors (Lipinski definition) is 4. The van der Waals surface area contributed by atoms with Gasteiger partial charge < -0.3 is 14.6 Å². The van der Waals surface area contributed by atoms with Crippen molar-refractivity contribution in [2.24, 2.45) is 0 Å². The van der Waals surface area contributed by atoms with E-state index in [1.54, 1.807) is 6.26 Å². The number of oxazole rings is 1. The van der Waals surface area contributed by atoms with Gasteiger partial charge in [0.15, 0.2) is 0 Å². The van der Waals surface area contributed by atoms with Gasteiger partial charge in [0.05, 0.1) is 5.69 Å². The Morgan fingerprint density at radius 1 is 1.62 bits per heavy atom. The van der Waals surface area contributed by atoms with Crippen molar-refractivity contribution in [2.45, 2.75) is 45.7 Å². The van der Waals surface area contributed by atoms with Crippen LogP contribution in [0.15, 0.2) is 10.7 Å². The molecule has 1 N–H and O–H groups in total. The zero-order chi connectivity index (χ0) is 11.4. The molecule has 1 atom stereocenters. The molecule has 0 aliphatic carbocycles. The molecule has 0 saturated carbocycles. The van der Waals surface area contributed by atoms with Gasteiger partial charge in [-0.1, -0.05) is 6.92 Å². The van der Waals surface area contributed by atoms with Gasteiger partial charge in [-0.2, -0.15) is 4.98 Å². The second kappa shape index (κ2) is 5.34. The highest BCUT2D eigenvalue weighted by molar-refractivity contribution is 5.30. The Morgan fingerprint density at radius 2 is 2.50 bits per heavy atom. The Balaban J connectivity index is 1.91. The Bertz CT molecular complexity index is 324. The minimum absolute atomic E-state index is 0.565. The first-order valence-corrected chi connectivity index (χ1v) is 6.23. The lowest BCUT2D eigenvalue weighted by molar-refractivity contribution is 0.528. The van der Waals surface area contributed by atoms with Gasteiger partial charge in [0, 0.05) is 19.1 Å². The predicted molar refractivity (Wildman–Crippen MR) is 64.5 cm³/mol. The molecule has 1 aliphatic heterocycles. The molecule has 16 heavy (non-hydrogen) atoms. The van der Waals surface area contributed by atoms with E-state index in [1.165, 1.54) is 12.8 Å². The van der Waals surface area contributed by atoms with Crippen molar-refractivity contribution in [3.8, 4) is 0 Å². The first-order chi connectivity index (χ1) is 7.81. The molecule has 4 heteroatoms. The highest BCUT2D eigenvalue weighted by Gasteiger charge is 2.24. The van der Waals surface area contributed by atoms with Crippen molar-refractivity contribution < 1.29 is 4.42 Å². The summed E-state index contributed by atoms with van der Waals surface area (Å²) in [6.45, 7) is 7.30. The summed E-state index contributed by atoms with van der Waals surface area (Å²) in [5.41, 5.74) is 1.00. The predicted octanol–water partition coefficient (Wildman–Crippen LogP) is 2.16. The van der Waals surface area contributed by atoms with Gasteiger partial charge in [-0.25, -0.2) is 0 Å². The number of nitrogens with zero attached hydrogens (tertiary/aromatic N) is 2. The monoisotopic (exact) mass is 223 g/mol. The molecular weight excluding hydrogens is 202 g/mol. The van der Waals surface area contributed by atoms with Crippen LogP contribution in [0, 0.1) is 0 Å². The maximum atomic E-state index is 5.52. The molecule has 2 heterocycles. The number of rotatable bonds is 5. The lowest BCUT2D eigenvalue weighted by Gasteiger charge is -2.18. The first kappa shape index (κ1) is 11.5.